The summed E-state index contributed by atoms with van der Waals surface area (Å²) in [5.41, 5.74) is 2.33. The van der Waals surface area contributed by atoms with Crippen LogP contribution in [0.4, 0.5) is 0 Å². The molecule has 1 saturated heterocycles. The Morgan fingerprint density at radius 1 is 1.12 bits per heavy atom. The molecule has 1 aliphatic carbocycles. The number of likely N-dealkylation sites (tertiary alicyclic amines) is 1. The van der Waals surface area contributed by atoms with E-state index in [2.05, 4.69) is 20.2 Å². The maximum atomic E-state index is 13.0. The van der Waals surface area contributed by atoms with Crippen molar-refractivity contribution in [2.75, 3.05) is 19.6 Å². The van der Waals surface area contributed by atoms with Gasteiger partial charge in [0, 0.05) is 25.2 Å². The molecule has 4 rings (SSSR count). The van der Waals surface area contributed by atoms with E-state index in [1.54, 1.807) is 30.5 Å². The van der Waals surface area contributed by atoms with Crippen molar-refractivity contribution in [3.05, 3.63) is 58.7 Å². The SMILES string of the molecule is Cc1ncc(C(=O)NCc2cccc(C(=O)O)c2)c(C2CCN(CC3CCCCC3)CC2)n1. The minimum atomic E-state index is -0.979. The second kappa shape index (κ2) is 10.9. The summed E-state index contributed by atoms with van der Waals surface area (Å²) in [6.07, 6.45) is 10.5. The second-order valence-corrected chi connectivity index (χ2v) is 9.48. The Morgan fingerprint density at radius 2 is 1.88 bits per heavy atom. The number of benzene rings is 1. The fourth-order valence-electron chi connectivity index (χ4n) is 5.19. The van der Waals surface area contributed by atoms with Crippen molar-refractivity contribution in [1.29, 1.82) is 0 Å². The number of amides is 1. The molecule has 33 heavy (non-hydrogen) atoms. The molecule has 1 saturated carbocycles. The summed E-state index contributed by atoms with van der Waals surface area (Å²) in [5, 5.41) is 12.1. The first-order chi connectivity index (χ1) is 16.0. The number of hydrogen-bond donors (Lipinski definition) is 2. The van der Waals surface area contributed by atoms with E-state index in [-0.39, 0.29) is 23.9 Å². The monoisotopic (exact) mass is 450 g/mol. The summed E-state index contributed by atoms with van der Waals surface area (Å²) in [7, 11) is 0. The molecule has 1 aromatic heterocycles. The van der Waals surface area contributed by atoms with E-state index in [0.29, 0.717) is 11.4 Å². The van der Waals surface area contributed by atoms with Crippen molar-refractivity contribution in [2.45, 2.75) is 64.3 Å². The standard InChI is InChI=1S/C26H34N4O3/c1-18-27-16-23(25(31)28-15-20-8-5-9-22(14-20)26(32)33)24(29-18)21-10-12-30(13-11-21)17-19-6-3-2-4-7-19/h5,8-9,14,16,19,21H,2-4,6-7,10-13,15,17H2,1H3,(H,28,31)(H,32,33). The average Bonchev–Trinajstić information content (AvgIpc) is 2.84. The maximum absolute atomic E-state index is 13.0. The molecule has 0 unspecified atom stereocenters. The van der Waals surface area contributed by atoms with Crippen molar-refractivity contribution in [1.82, 2.24) is 20.2 Å². The van der Waals surface area contributed by atoms with Gasteiger partial charge in [-0.05, 0) is 69.3 Å². The van der Waals surface area contributed by atoms with Crippen molar-refractivity contribution in [3.8, 4) is 0 Å². The number of aromatic carboxylic acids is 1. The zero-order valence-electron chi connectivity index (χ0n) is 19.4. The molecule has 0 atom stereocenters. The lowest BCUT2D eigenvalue weighted by atomic mass is 9.87. The average molecular weight is 451 g/mol. The Labute approximate surface area is 195 Å². The van der Waals surface area contributed by atoms with Crippen LogP contribution >= 0.6 is 0 Å². The third kappa shape index (κ3) is 6.16. The van der Waals surface area contributed by atoms with Crippen LogP contribution in [0.1, 0.15) is 88.7 Å². The molecule has 1 aliphatic heterocycles. The number of carbonyl (C=O) groups excluding carboxylic acids is 1. The topological polar surface area (TPSA) is 95.4 Å². The van der Waals surface area contributed by atoms with Crippen molar-refractivity contribution in [3.63, 3.8) is 0 Å². The van der Waals surface area contributed by atoms with E-state index in [0.717, 1.165) is 43.1 Å². The van der Waals surface area contributed by atoms with Crippen LogP contribution in [-0.2, 0) is 6.54 Å². The first-order valence-electron chi connectivity index (χ1n) is 12.2. The van der Waals surface area contributed by atoms with Crippen molar-refractivity contribution < 1.29 is 14.7 Å². The number of hydrogen-bond acceptors (Lipinski definition) is 5. The molecular formula is C26H34N4O3. The summed E-state index contributed by atoms with van der Waals surface area (Å²) >= 11 is 0. The van der Waals surface area contributed by atoms with Gasteiger partial charge in [-0.3, -0.25) is 4.79 Å². The van der Waals surface area contributed by atoms with Gasteiger partial charge in [-0.15, -0.1) is 0 Å². The molecule has 176 valence electrons. The van der Waals surface area contributed by atoms with E-state index in [1.165, 1.54) is 38.6 Å². The van der Waals surface area contributed by atoms with Gasteiger partial charge in [0.05, 0.1) is 16.8 Å². The van der Waals surface area contributed by atoms with Gasteiger partial charge in [0.25, 0.3) is 5.91 Å². The largest absolute Gasteiger partial charge is 0.478 e. The predicted octanol–water partition coefficient (Wildman–Crippen LogP) is 4.17. The van der Waals surface area contributed by atoms with Gasteiger partial charge in [-0.2, -0.15) is 0 Å². The van der Waals surface area contributed by atoms with Crippen LogP contribution in [0.15, 0.2) is 30.5 Å². The molecule has 2 fully saturated rings. The quantitative estimate of drug-likeness (QED) is 0.657. The number of aromatic nitrogens is 2. The van der Waals surface area contributed by atoms with Gasteiger partial charge in [-0.1, -0.05) is 31.4 Å². The molecule has 0 spiro atoms. The van der Waals surface area contributed by atoms with Gasteiger partial charge in [0.2, 0.25) is 0 Å². The van der Waals surface area contributed by atoms with E-state index >= 15 is 0 Å². The van der Waals surface area contributed by atoms with Crippen molar-refractivity contribution in [2.24, 2.45) is 5.92 Å². The summed E-state index contributed by atoms with van der Waals surface area (Å²) in [5.74, 6) is 0.589. The van der Waals surface area contributed by atoms with Gasteiger partial charge in [0.15, 0.2) is 0 Å². The Kier molecular flexibility index (Phi) is 7.70. The lowest BCUT2D eigenvalue weighted by molar-refractivity contribution is 0.0696. The molecule has 1 aromatic carbocycles. The number of carboxylic acid groups (broad SMARTS) is 1. The Hall–Kier alpha value is -2.80. The summed E-state index contributed by atoms with van der Waals surface area (Å²) < 4.78 is 0. The smallest absolute Gasteiger partial charge is 0.335 e. The lowest BCUT2D eigenvalue weighted by Crippen LogP contribution is -2.37. The van der Waals surface area contributed by atoms with Gasteiger partial charge >= 0.3 is 5.97 Å². The van der Waals surface area contributed by atoms with Crippen LogP contribution in [0.2, 0.25) is 0 Å². The highest BCUT2D eigenvalue weighted by Gasteiger charge is 2.27. The second-order valence-electron chi connectivity index (χ2n) is 9.48. The lowest BCUT2D eigenvalue weighted by Gasteiger charge is -2.35. The van der Waals surface area contributed by atoms with E-state index in [9.17, 15) is 14.7 Å². The minimum Gasteiger partial charge on any atom is -0.478 e. The summed E-state index contributed by atoms with van der Waals surface area (Å²) in [6, 6.07) is 6.62. The number of aryl methyl sites for hydroxylation is 1. The molecule has 1 amide bonds. The van der Waals surface area contributed by atoms with Crippen LogP contribution in [-0.4, -0.2) is 51.5 Å². The van der Waals surface area contributed by atoms with Gasteiger partial charge in [-0.25, -0.2) is 14.8 Å². The molecule has 2 heterocycles. The molecular weight excluding hydrogens is 416 g/mol. The number of carbonyl (C=O) groups is 2. The van der Waals surface area contributed by atoms with Crippen LogP contribution in [0, 0.1) is 12.8 Å². The van der Waals surface area contributed by atoms with E-state index < -0.39 is 5.97 Å². The van der Waals surface area contributed by atoms with Crippen molar-refractivity contribution >= 4 is 11.9 Å². The molecule has 2 N–H and O–H groups in total. The molecule has 2 aliphatic rings. The predicted molar refractivity (Wildman–Crippen MR) is 126 cm³/mol. The zero-order chi connectivity index (χ0) is 23.2. The van der Waals surface area contributed by atoms with Crippen LogP contribution in [0.25, 0.3) is 0 Å². The van der Waals surface area contributed by atoms with E-state index in [4.69, 9.17) is 0 Å². The highest BCUT2D eigenvalue weighted by molar-refractivity contribution is 5.95. The van der Waals surface area contributed by atoms with Crippen LogP contribution in [0.3, 0.4) is 0 Å². The molecule has 0 bridgehead atoms. The highest BCUT2D eigenvalue weighted by Crippen LogP contribution is 2.31. The number of nitrogens with one attached hydrogen (secondary N) is 1. The van der Waals surface area contributed by atoms with Gasteiger partial charge < -0.3 is 15.3 Å². The first-order valence-corrected chi connectivity index (χ1v) is 12.2. The number of rotatable bonds is 7. The molecule has 7 nitrogen and oxygen atoms in total. The fourth-order valence-corrected chi connectivity index (χ4v) is 5.19. The summed E-state index contributed by atoms with van der Waals surface area (Å²) in [4.78, 5) is 35.8. The van der Waals surface area contributed by atoms with Gasteiger partial charge in [0.1, 0.15) is 5.82 Å². The third-order valence-electron chi connectivity index (χ3n) is 7.03. The number of piperidine rings is 1. The number of carboxylic acids is 1. The molecule has 0 radical (unpaired) electrons. The van der Waals surface area contributed by atoms with E-state index in [1.807, 2.05) is 6.92 Å². The highest BCUT2D eigenvalue weighted by atomic mass is 16.4. The normalized spacial score (nSPS) is 18.2. The molecule has 7 heteroatoms. The first kappa shape index (κ1) is 23.4. The summed E-state index contributed by atoms with van der Waals surface area (Å²) in [6.45, 7) is 5.42. The molecule has 2 aromatic rings. The minimum absolute atomic E-state index is 0.209. The maximum Gasteiger partial charge on any atom is 0.335 e. The van der Waals surface area contributed by atoms with Crippen LogP contribution in [0.5, 0.6) is 0 Å². The number of nitrogens with zero attached hydrogens (tertiary/aromatic N) is 3. The Bertz CT molecular complexity index is 979. The van der Waals surface area contributed by atoms with Crippen LogP contribution < -0.4 is 5.32 Å². The Morgan fingerprint density at radius 3 is 2.61 bits per heavy atom. The Balaban J connectivity index is 1.38. The third-order valence-corrected chi connectivity index (χ3v) is 7.03. The zero-order valence-corrected chi connectivity index (χ0v) is 19.4. The fraction of sp³-hybridized carbons (Fsp3) is 0.538.